The molecule has 1 aliphatic rings. The molecular weight excluding hydrogens is 893 g/mol. The van der Waals surface area contributed by atoms with Gasteiger partial charge in [0.05, 0.1) is 34.8 Å². The number of amides is 4. The molecule has 0 bridgehead atoms. The smallest absolute Gasteiger partial charge is 0.246 e. The minimum absolute atomic E-state index is 0.00705. The van der Waals surface area contributed by atoms with Gasteiger partial charge in [-0.25, -0.2) is 4.98 Å². The number of nitrogens with two attached hydrogens (primary N) is 1. The van der Waals surface area contributed by atoms with Crippen molar-refractivity contribution in [3.63, 3.8) is 0 Å². The van der Waals surface area contributed by atoms with E-state index in [0.717, 1.165) is 59.4 Å². The summed E-state index contributed by atoms with van der Waals surface area (Å²) in [5.41, 5.74) is 12.2. The summed E-state index contributed by atoms with van der Waals surface area (Å²) in [4.78, 5) is 63.0. The van der Waals surface area contributed by atoms with Gasteiger partial charge in [-0.2, -0.15) is 0 Å². The van der Waals surface area contributed by atoms with Gasteiger partial charge in [-0.1, -0.05) is 113 Å². The zero-order valence-electron chi connectivity index (χ0n) is 40.7. The highest BCUT2D eigenvalue weighted by molar-refractivity contribution is 7.13. The Morgan fingerprint density at radius 2 is 1.57 bits per heavy atom. The van der Waals surface area contributed by atoms with Gasteiger partial charge in [0.2, 0.25) is 23.6 Å². The van der Waals surface area contributed by atoms with E-state index in [1.807, 2.05) is 94.7 Å². The number of likely N-dealkylation sites (tertiary alicyclic amines) is 1. The lowest BCUT2D eigenvalue weighted by Crippen LogP contribution is -2.57. The number of anilines is 1. The molecule has 6 N–H and O–H groups in total. The molecule has 1 saturated heterocycles. The molecule has 0 spiro atoms. The van der Waals surface area contributed by atoms with E-state index in [9.17, 15) is 29.4 Å². The molecule has 5 aromatic rings. The van der Waals surface area contributed by atoms with Crippen molar-refractivity contribution in [1.29, 1.82) is 0 Å². The van der Waals surface area contributed by atoms with Crippen molar-refractivity contribution in [2.75, 3.05) is 32.5 Å². The Morgan fingerprint density at radius 3 is 2.23 bits per heavy atom. The van der Waals surface area contributed by atoms with E-state index >= 15 is 0 Å². The summed E-state index contributed by atoms with van der Waals surface area (Å²) in [6.45, 7) is 10.2. The number of β-amino-alcohol motifs (C(OH)–C–C–N with tert-alkyl or cyclic N) is 1. The van der Waals surface area contributed by atoms with Crippen LogP contribution in [0.4, 0.5) is 5.82 Å². The maximum atomic E-state index is 14.1. The normalized spacial score (nSPS) is 16.1. The van der Waals surface area contributed by atoms with Gasteiger partial charge < -0.3 is 41.1 Å². The van der Waals surface area contributed by atoms with E-state index in [4.69, 9.17) is 10.5 Å². The average molecular weight is 961 g/mol. The first-order valence-electron chi connectivity index (χ1n) is 23.9. The number of carbonyl (C=O) groups is 4. The molecule has 1 unspecified atom stereocenters. The number of aromatic hydroxyl groups is 1. The number of phenolic OH excluding ortho intramolecular Hbond substituents is 1. The van der Waals surface area contributed by atoms with Crippen molar-refractivity contribution in [3.05, 3.63) is 107 Å². The number of aryl methyl sites for hydroxylation is 1. The van der Waals surface area contributed by atoms with Gasteiger partial charge in [0.15, 0.2) is 11.6 Å². The number of para-hydroxylation sites is 1. The van der Waals surface area contributed by atoms with Crippen LogP contribution in [0.15, 0.2) is 90.4 Å². The summed E-state index contributed by atoms with van der Waals surface area (Å²) >= 11 is 1.58. The van der Waals surface area contributed by atoms with Crippen LogP contribution in [0.5, 0.6) is 11.5 Å². The topological polar surface area (TPSA) is 213 Å². The number of nitrogens with one attached hydrogen (secondary N) is 2. The van der Waals surface area contributed by atoms with Crippen LogP contribution in [-0.2, 0) is 19.2 Å². The van der Waals surface area contributed by atoms with E-state index < -0.39 is 23.6 Å². The third-order valence-electron chi connectivity index (χ3n) is 12.7. The lowest BCUT2D eigenvalue weighted by Gasteiger charge is -2.35. The lowest BCUT2D eigenvalue weighted by molar-refractivity contribution is -0.144. The van der Waals surface area contributed by atoms with Crippen LogP contribution in [0.3, 0.4) is 0 Å². The standard InChI is InChI=1S/C53H68N8O7S/c1-34(36-24-26-38(27-25-36)48-35(2)55-33-69-48)56-51(66)43-28-40(62)31-61(43)52(67)49(53(3,4)5)57-46(64)22-14-9-7-8-10-15-23-47(65)60(6)30-39(37-18-12-11-13-19-37)32-68-45-29-42(58-59-50(45)54)41-20-16-17-21-44(41)63/h11-13,16-21,24-27,29,33-34,39-40,43,49,62-63H,7-10,14-15,22-23,28,30-32H2,1-6H3,(H2,54,59)(H,56,66)(H,57,64)/t34-,39?,40+,43-,49+/m0/s1. The number of phenols is 1. The minimum atomic E-state index is -0.890. The van der Waals surface area contributed by atoms with Crippen LogP contribution in [0.2, 0.25) is 0 Å². The zero-order valence-corrected chi connectivity index (χ0v) is 41.5. The number of nitrogens with zero attached hydrogens (tertiary/aromatic N) is 5. The number of rotatable bonds is 22. The van der Waals surface area contributed by atoms with Crippen molar-refractivity contribution in [2.24, 2.45) is 5.41 Å². The number of hydrogen-bond donors (Lipinski definition) is 5. The van der Waals surface area contributed by atoms with Crippen molar-refractivity contribution in [3.8, 4) is 33.2 Å². The molecule has 6 rings (SSSR count). The number of aliphatic hydroxyl groups excluding tert-OH is 1. The Hall–Kier alpha value is -6.39. The fourth-order valence-electron chi connectivity index (χ4n) is 8.63. The van der Waals surface area contributed by atoms with Gasteiger partial charge in [-0.15, -0.1) is 21.5 Å². The molecule has 368 valence electrons. The van der Waals surface area contributed by atoms with Crippen LogP contribution >= 0.6 is 11.3 Å². The highest BCUT2D eigenvalue weighted by Gasteiger charge is 2.44. The monoisotopic (exact) mass is 960 g/mol. The molecule has 1 fully saturated rings. The van der Waals surface area contributed by atoms with E-state index in [2.05, 4.69) is 25.8 Å². The number of carbonyl (C=O) groups excluding carboxylic acids is 4. The van der Waals surface area contributed by atoms with Crippen molar-refractivity contribution in [1.82, 2.24) is 35.6 Å². The van der Waals surface area contributed by atoms with E-state index in [1.165, 1.54) is 4.90 Å². The predicted octanol–water partition coefficient (Wildman–Crippen LogP) is 7.98. The van der Waals surface area contributed by atoms with Crippen molar-refractivity contribution >= 4 is 40.8 Å². The summed E-state index contributed by atoms with van der Waals surface area (Å²) in [6, 6.07) is 24.2. The fraction of sp³-hybridized carbons (Fsp3) is 0.453. The van der Waals surface area contributed by atoms with Crippen LogP contribution in [0.25, 0.3) is 21.7 Å². The first-order chi connectivity index (χ1) is 33.0. The molecule has 1 aliphatic heterocycles. The third kappa shape index (κ3) is 14.3. The van der Waals surface area contributed by atoms with Crippen LogP contribution in [0.1, 0.15) is 114 Å². The third-order valence-corrected chi connectivity index (χ3v) is 13.7. The van der Waals surface area contributed by atoms with E-state index in [1.54, 1.807) is 53.6 Å². The Morgan fingerprint density at radius 1 is 0.899 bits per heavy atom. The highest BCUT2D eigenvalue weighted by atomic mass is 32.1. The Labute approximate surface area is 409 Å². The quantitative estimate of drug-likeness (QED) is 0.0420. The molecule has 5 atom stereocenters. The molecular formula is C53H68N8O7S. The SMILES string of the molecule is Cc1ncsc1-c1ccc([C@H](C)NC(=O)[C@@H]2C[C@@H](O)CN2C(=O)[C@@H](NC(=O)CCCCCCCCC(=O)N(C)CC(COc2cc(-c3ccccc3O)nnc2N)c2ccccc2)C(C)(C)C)cc1. The summed E-state index contributed by atoms with van der Waals surface area (Å²) in [7, 11) is 1.80. The van der Waals surface area contributed by atoms with Gasteiger partial charge in [-0.3, -0.25) is 19.2 Å². The van der Waals surface area contributed by atoms with Crippen LogP contribution in [0, 0.1) is 12.3 Å². The number of aliphatic hydroxyl groups is 1. The maximum Gasteiger partial charge on any atom is 0.246 e. The lowest BCUT2D eigenvalue weighted by atomic mass is 9.85. The molecule has 0 aliphatic carbocycles. The number of benzene rings is 3. The van der Waals surface area contributed by atoms with Gasteiger partial charge in [0.1, 0.15) is 23.5 Å². The summed E-state index contributed by atoms with van der Waals surface area (Å²) in [6.07, 6.45) is 4.83. The fourth-order valence-corrected chi connectivity index (χ4v) is 9.44. The Kier molecular flexibility index (Phi) is 18.3. The number of likely N-dealkylation sites (N-methyl/N-ethyl adjacent to an activating group) is 1. The second-order valence-electron chi connectivity index (χ2n) is 19.2. The maximum absolute atomic E-state index is 14.1. The number of ether oxygens (including phenoxy) is 1. The largest absolute Gasteiger partial charge is 0.507 e. The molecule has 15 nitrogen and oxygen atoms in total. The molecule has 2 aromatic heterocycles. The second-order valence-corrected chi connectivity index (χ2v) is 20.0. The highest BCUT2D eigenvalue weighted by Crippen LogP contribution is 2.33. The minimum Gasteiger partial charge on any atom is -0.507 e. The molecule has 0 radical (unpaired) electrons. The van der Waals surface area contributed by atoms with Gasteiger partial charge in [-0.05, 0) is 60.9 Å². The van der Waals surface area contributed by atoms with E-state index in [0.29, 0.717) is 36.4 Å². The summed E-state index contributed by atoms with van der Waals surface area (Å²) < 4.78 is 6.20. The van der Waals surface area contributed by atoms with Crippen molar-refractivity contribution in [2.45, 2.75) is 123 Å². The number of unbranched alkanes of at least 4 members (excludes halogenated alkanes) is 5. The summed E-state index contributed by atoms with van der Waals surface area (Å²) in [5, 5.41) is 35.2. The first-order valence-corrected chi connectivity index (χ1v) is 24.8. The molecule has 0 saturated carbocycles. The van der Waals surface area contributed by atoms with Crippen LogP contribution < -0.4 is 21.1 Å². The second kappa shape index (κ2) is 24.2. The molecule has 3 heterocycles. The van der Waals surface area contributed by atoms with Gasteiger partial charge in [0.25, 0.3) is 0 Å². The van der Waals surface area contributed by atoms with Crippen LogP contribution in [-0.4, -0.2) is 104 Å². The Balaban J connectivity index is 0.910. The van der Waals surface area contributed by atoms with Crippen molar-refractivity contribution < 1.29 is 34.1 Å². The Bertz CT molecular complexity index is 2500. The van der Waals surface area contributed by atoms with Gasteiger partial charge in [0, 0.05) is 56.9 Å². The molecule has 4 amide bonds. The number of aromatic nitrogens is 3. The number of nitrogen functional groups attached to an aromatic ring is 1. The first kappa shape index (κ1) is 52.0. The van der Waals surface area contributed by atoms with Gasteiger partial charge >= 0.3 is 0 Å². The number of thiazole rings is 1. The number of hydrogen-bond acceptors (Lipinski definition) is 12. The predicted molar refractivity (Wildman–Crippen MR) is 269 cm³/mol. The summed E-state index contributed by atoms with van der Waals surface area (Å²) in [5.74, 6) is -0.562. The van der Waals surface area contributed by atoms with E-state index in [-0.39, 0.29) is 73.1 Å². The molecule has 69 heavy (non-hydrogen) atoms. The zero-order chi connectivity index (χ0) is 49.7. The molecule has 3 aromatic carbocycles. The molecule has 16 heteroatoms. The average Bonchev–Trinajstić information content (AvgIpc) is 3.95.